The van der Waals surface area contributed by atoms with Crippen molar-refractivity contribution in [3.63, 3.8) is 0 Å². The summed E-state index contributed by atoms with van der Waals surface area (Å²) in [7, 11) is 0. The highest BCUT2D eigenvalue weighted by molar-refractivity contribution is 7.19. The van der Waals surface area contributed by atoms with Crippen LogP contribution < -0.4 is 0 Å². The van der Waals surface area contributed by atoms with Crippen LogP contribution in [0.1, 0.15) is 46.5 Å². The predicted molar refractivity (Wildman–Crippen MR) is 138 cm³/mol. The fourth-order valence-electron chi connectivity index (χ4n) is 4.31. The summed E-state index contributed by atoms with van der Waals surface area (Å²) in [4.78, 5) is 21.8. The number of hydrogen-bond donors (Lipinski definition) is 2. The van der Waals surface area contributed by atoms with Gasteiger partial charge in [0.15, 0.2) is 0 Å². The van der Waals surface area contributed by atoms with E-state index in [9.17, 15) is 4.79 Å². The van der Waals surface area contributed by atoms with E-state index in [1.165, 1.54) is 52.8 Å². The molecular formula is C24H27N5O2S2. The van der Waals surface area contributed by atoms with Crippen LogP contribution in [0, 0.1) is 0 Å². The summed E-state index contributed by atoms with van der Waals surface area (Å²) in [6.45, 7) is 6.88. The summed E-state index contributed by atoms with van der Waals surface area (Å²) >= 11 is 3.52. The number of unbranched alkanes of at least 4 members (excludes halogenated alkanes) is 3. The minimum atomic E-state index is -0.211. The van der Waals surface area contributed by atoms with Crippen molar-refractivity contribution >= 4 is 81.9 Å². The van der Waals surface area contributed by atoms with Gasteiger partial charge in [0.05, 0.1) is 44.6 Å². The number of aryl methyl sites for hydroxylation is 1. The van der Waals surface area contributed by atoms with Crippen LogP contribution in [0.3, 0.4) is 0 Å². The number of esters is 1. The van der Waals surface area contributed by atoms with Gasteiger partial charge in [-0.25, -0.2) is 14.8 Å². The molecule has 1 aromatic carbocycles. The Morgan fingerprint density at radius 2 is 1.52 bits per heavy atom. The van der Waals surface area contributed by atoms with Gasteiger partial charge in [-0.15, -0.1) is 22.7 Å². The summed E-state index contributed by atoms with van der Waals surface area (Å²) in [6.07, 6.45) is 4.99. The Morgan fingerprint density at radius 1 is 0.939 bits per heavy atom. The molecule has 172 valence electrons. The van der Waals surface area contributed by atoms with E-state index in [-0.39, 0.29) is 5.97 Å². The first kappa shape index (κ1) is 21.9. The lowest BCUT2D eigenvalue weighted by Crippen LogP contribution is -2.01. The summed E-state index contributed by atoms with van der Waals surface area (Å²) in [5.74, 6) is -0.211. The van der Waals surface area contributed by atoms with Gasteiger partial charge in [0, 0.05) is 17.7 Å². The molecule has 0 saturated carbocycles. The van der Waals surface area contributed by atoms with Gasteiger partial charge in [-0.2, -0.15) is 0 Å². The molecule has 0 spiro atoms. The molecule has 33 heavy (non-hydrogen) atoms. The average molecular weight is 482 g/mol. The van der Waals surface area contributed by atoms with Gasteiger partial charge >= 0.3 is 5.97 Å². The van der Waals surface area contributed by atoms with Gasteiger partial charge in [0.2, 0.25) is 0 Å². The standard InChI is InChI=1S/C20H19N5S2.C4H8O2/c1-2-3-4-5-8-25-23-17-13-15(21-11-6-9-26-19(11)13)16-14(18(17)24-25)20-12(22-16)7-10-27-20;1-3-6-4(2)5/h6-7,9-10,23-24H,2-5,8H2,1H3;3H2,1-2H3. The fourth-order valence-corrected chi connectivity index (χ4v) is 6.08. The normalized spacial score (nSPS) is 11.7. The first-order valence-corrected chi connectivity index (χ1v) is 13.2. The van der Waals surface area contributed by atoms with Gasteiger partial charge in [-0.1, -0.05) is 26.2 Å². The molecular weight excluding hydrogens is 454 g/mol. The average Bonchev–Trinajstić information content (AvgIpc) is 3.56. The highest BCUT2D eigenvalue weighted by atomic mass is 32.1. The number of H-pyrrole nitrogens is 2. The van der Waals surface area contributed by atoms with Crippen LogP contribution in [-0.2, 0) is 16.1 Å². The first-order valence-electron chi connectivity index (χ1n) is 11.4. The highest BCUT2D eigenvalue weighted by Gasteiger charge is 2.21. The Morgan fingerprint density at radius 3 is 1.97 bits per heavy atom. The molecule has 5 heterocycles. The molecule has 0 aliphatic rings. The number of carbonyl (C=O) groups excluding carboxylic acids is 1. The van der Waals surface area contributed by atoms with Gasteiger partial charge in [0.1, 0.15) is 11.0 Å². The third-order valence-corrected chi connectivity index (χ3v) is 7.57. The van der Waals surface area contributed by atoms with Gasteiger partial charge in [0.25, 0.3) is 0 Å². The smallest absolute Gasteiger partial charge is 0.302 e. The van der Waals surface area contributed by atoms with Crippen molar-refractivity contribution in [2.75, 3.05) is 6.61 Å². The molecule has 6 aromatic rings. The third-order valence-electron chi connectivity index (χ3n) is 5.73. The molecule has 5 aromatic heterocycles. The fraction of sp³-hybridized carbons (Fsp3) is 0.375. The van der Waals surface area contributed by atoms with Crippen LogP contribution >= 0.6 is 22.7 Å². The lowest BCUT2D eigenvalue weighted by atomic mass is 10.1. The molecule has 6 rings (SSSR count). The van der Waals surface area contributed by atoms with E-state index in [0.29, 0.717) is 6.61 Å². The Labute approximate surface area is 198 Å². The van der Waals surface area contributed by atoms with Crippen LogP contribution in [0.25, 0.3) is 53.3 Å². The van der Waals surface area contributed by atoms with E-state index in [4.69, 9.17) is 9.97 Å². The van der Waals surface area contributed by atoms with Crippen LogP contribution in [0.5, 0.6) is 0 Å². The molecule has 0 aliphatic carbocycles. The first-order chi connectivity index (χ1) is 16.1. The van der Waals surface area contributed by atoms with Crippen molar-refractivity contribution in [2.24, 2.45) is 0 Å². The van der Waals surface area contributed by atoms with Gasteiger partial charge in [-0.05, 0) is 36.2 Å². The molecule has 0 radical (unpaired) electrons. The number of nitrogens with one attached hydrogen (secondary N) is 2. The van der Waals surface area contributed by atoms with Crippen molar-refractivity contribution in [3.05, 3.63) is 22.9 Å². The molecule has 0 atom stereocenters. The Kier molecular flexibility index (Phi) is 6.07. The van der Waals surface area contributed by atoms with E-state index in [0.717, 1.165) is 39.6 Å². The number of benzene rings is 1. The minimum absolute atomic E-state index is 0.211. The lowest BCUT2D eigenvalue weighted by Gasteiger charge is -2.01. The maximum Gasteiger partial charge on any atom is 0.302 e. The van der Waals surface area contributed by atoms with E-state index >= 15 is 0 Å². The van der Waals surface area contributed by atoms with Crippen LogP contribution in [0.15, 0.2) is 22.9 Å². The second-order valence-corrected chi connectivity index (χ2v) is 9.88. The third kappa shape index (κ3) is 3.89. The zero-order valence-electron chi connectivity index (χ0n) is 19.0. The molecule has 9 heteroatoms. The molecule has 0 bridgehead atoms. The monoisotopic (exact) mass is 481 g/mol. The van der Waals surface area contributed by atoms with E-state index in [1.54, 1.807) is 29.6 Å². The van der Waals surface area contributed by atoms with Crippen LogP contribution in [0.4, 0.5) is 0 Å². The van der Waals surface area contributed by atoms with Crippen LogP contribution in [-0.4, -0.2) is 37.5 Å². The zero-order valence-corrected chi connectivity index (χ0v) is 20.7. The Hall–Kier alpha value is -2.91. The number of aromatic nitrogens is 5. The SMILES string of the molecule is CCCCCCn1[nH]c2c([nH]1)c1c(nc3ccsc31)c1nc3ccsc3c12.CCOC(C)=O. The number of carbonyl (C=O) groups is 1. The summed E-state index contributed by atoms with van der Waals surface area (Å²) < 4.78 is 6.90. The van der Waals surface area contributed by atoms with Crippen molar-refractivity contribution < 1.29 is 9.53 Å². The predicted octanol–water partition coefficient (Wildman–Crippen LogP) is 6.97. The quantitative estimate of drug-likeness (QED) is 0.198. The highest BCUT2D eigenvalue weighted by Crippen LogP contribution is 2.42. The van der Waals surface area contributed by atoms with Gasteiger partial charge < -0.3 is 4.74 Å². The summed E-state index contributed by atoms with van der Waals surface area (Å²) in [5.41, 5.74) is 6.49. The minimum Gasteiger partial charge on any atom is -0.466 e. The number of nitrogens with zero attached hydrogens (tertiary/aromatic N) is 3. The Bertz CT molecular complexity index is 1460. The van der Waals surface area contributed by atoms with Gasteiger partial charge in [-0.3, -0.25) is 15.0 Å². The van der Waals surface area contributed by atoms with E-state index in [2.05, 4.69) is 49.5 Å². The number of aromatic amines is 2. The molecule has 0 fully saturated rings. The van der Waals surface area contributed by atoms with Crippen molar-refractivity contribution in [1.82, 2.24) is 25.0 Å². The summed E-state index contributed by atoms with van der Waals surface area (Å²) in [6, 6.07) is 4.21. The topological polar surface area (TPSA) is 88.6 Å². The van der Waals surface area contributed by atoms with Crippen molar-refractivity contribution in [1.29, 1.82) is 0 Å². The molecule has 7 nitrogen and oxygen atoms in total. The summed E-state index contributed by atoms with van der Waals surface area (Å²) in [5, 5.41) is 13.9. The molecule has 0 amide bonds. The van der Waals surface area contributed by atoms with Crippen molar-refractivity contribution in [3.8, 4) is 0 Å². The molecule has 0 unspecified atom stereocenters. The largest absolute Gasteiger partial charge is 0.466 e. The number of thiophene rings is 2. The zero-order chi connectivity index (χ0) is 22.9. The lowest BCUT2D eigenvalue weighted by molar-refractivity contribution is -0.140. The molecule has 0 aliphatic heterocycles. The maximum atomic E-state index is 9.82. The molecule has 2 N–H and O–H groups in total. The van der Waals surface area contributed by atoms with E-state index in [1.807, 2.05) is 0 Å². The van der Waals surface area contributed by atoms with Crippen LogP contribution in [0.2, 0.25) is 0 Å². The number of fused-ring (bicyclic) bond motifs is 10. The Balaban J connectivity index is 0.000000340. The second kappa shape index (κ2) is 9.15. The maximum absolute atomic E-state index is 9.82. The number of ether oxygens (including phenoxy) is 1. The van der Waals surface area contributed by atoms with Crippen molar-refractivity contribution in [2.45, 2.75) is 53.0 Å². The number of rotatable bonds is 6. The second-order valence-electron chi connectivity index (χ2n) is 8.05. The number of hydrogen-bond acceptors (Lipinski definition) is 6. The van der Waals surface area contributed by atoms with E-state index < -0.39 is 0 Å². The molecule has 0 saturated heterocycles.